The first-order valence-electron chi connectivity index (χ1n) is 9.93. The standard InChI is InChI=1S/C22H28N2OS/c25-21(16-24-14-6-11-17-8-4-5-12-19(17)24)23-22(20-13-7-15-26-20)18-9-2-1-3-10-18/h1-3,7,9-10,13,15,17,19,22H,4-6,8,11-12,14,16H2,(H,23,25)/t17-,19+,22+/m1/s1. The molecule has 26 heavy (non-hydrogen) atoms. The number of nitrogens with zero attached hydrogens (tertiary/aromatic N) is 1. The zero-order chi connectivity index (χ0) is 17.8. The number of carbonyl (C=O) groups is 1. The van der Waals surface area contributed by atoms with Crippen molar-refractivity contribution in [2.24, 2.45) is 5.92 Å². The van der Waals surface area contributed by atoms with Crippen LogP contribution in [-0.2, 0) is 4.79 Å². The maximum Gasteiger partial charge on any atom is 0.234 e. The lowest BCUT2D eigenvalue weighted by Crippen LogP contribution is -2.50. The lowest BCUT2D eigenvalue weighted by atomic mass is 9.78. The van der Waals surface area contributed by atoms with E-state index in [9.17, 15) is 4.79 Å². The van der Waals surface area contributed by atoms with Gasteiger partial charge in [-0.25, -0.2) is 0 Å². The molecule has 1 aromatic heterocycles. The monoisotopic (exact) mass is 368 g/mol. The Kier molecular flexibility index (Phi) is 5.71. The zero-order valence-corrected chi connectivity index (χ0v) is 16.1. The summed E-state index contributed by atoms with van der Waals surface area (Å²) in [5.41, 5.74) is 1.15. The number of likely N-dealkylation sites (tertiary alicyclic amines) is 1. The van der Waals surface area contributed by atoms with Gasteiger partial charge in [0.2, 0.25) is 5.91 Å². The Labute approximate surface area is 160 Å². The second kappa shape index (κ2) is 8.36. The quantitative estimate of drug-likeness (QED) is 0.836. The fraction of sp³-hybridized carbons (Fsp3) is 0.500. The van der Waals surface area contributed by atoms with E-state index in [4.69, 9.17) is 0 Å². The number of thiophene rings is 1. The molecule has 1 aromatic carbocycles. The van der Waals surface area contributed by atoms with Gasteiger partial charge in [0.15, 0.2) is 0 Å². The third kappa shape index (κ3) is 4.02. The van der Waals surface area contributed by atoms with E-state index < -0.39 is 0 Å². The first kappa shape index (κ1) is 17.7. The summed E-state index contributed by atoms with van der Waals surface area (Å²) >= 11 is 1.70. The van der Waals surface area contributed by atoms with Gasteiger partial charge in [0, 0.05) is 10.9 Å². The smallest absolute Gasteiger partial charge is 0.234 e. The molecular weight excluding hydrogens is 340 g/mol. The number of piperidine rings is 1. The van der Waals surface area contributed by atoms with Gasteiger partial charge in [0.1, 0.15) is 0 Å². The fourth-order valence-electron chi connectivity index (χ4n) is 4.74. The van der Waals surface area contributed by atoms with Crippen LogP contribution in [0.25, 0.3) is 0 Å². The second-order valence-corrected chi connectivity index (χ2v) is 8.63. The van der Waals surface area contributed by atoms with Crippen molar-refractivity contribution in [3.05, 3.63) is 58.3 Å². The number of carbonyl (C=O) groups excluding carboxylic acids is 1. The summed E-state index contributed by atoms with van der Waals surface area (Å²) < 4.78 is 0. The number of benzene rings is 1. The summed E-state index contributed by atoms with van der Waals surface area (Å²) in [4.78, 5) is 16.6. The molecular formula is C22H28N2OS. The summed E-state index contributed by atoms with van der Waals surface area (Å²) in [5.74, 6) is 0.964. The van der Waals surface area contributed by atoms with Crippen molar-refractivity contribution in [2.45, 2.75) is 50.6 Å². The summed E-state index contributed by atoms with van der Waals surface area (Å²) in [6, 6.07) is 15.0. The summed E-state index contributed by atoms with van der Waals surface area (Å²) in [5, 5.41) is 5.39. The fourth-order valence-corrected chi connectivity index (χ4v) is 5.54. The minimum atomic E-state index is -0.0457. The molecule has 4 heteroatoms. The van der Waals surface area contributed by atoms with Crippen LogP contribution in [0.5, 0.6) is 0 Å². The average Bonchev–Trinajstić information content (AvgIpc) is 3.22. The van der Waals surface area contributed by atoms with Gasteiger partial charge in [-0.05, 0) is 55.2 Å². The Morgan fingerprint density at radius 2 is 1.88 bits per heavy atom. The molecule has 2 heterocycles. The number of rotatable bonds is 5. The van der Waals surface area contributed by atoms with E-state index in [0.717, 1.165) is 18.0 Å². The molecule has 1 aliphatic carbocycles. The molecule has 2 aliphatic rings. The minimum absolute atomic E-state index is 0.0457. The highest BCUT2D eigenvalue weighted by atomic mass is 32.1. The molecule has 138 valence electrons. The summed E-state index contributed by atoms with van der Waals surface area (Å²) in [6.07, 6.45) is 7.90. The SMILES string of the molecule is O=C(CN1CCC[C@H]2CCCC[C@@H]21)N[C@@H](c1ccccc1)c1cccs1. The molecule has 2 aromatic rings. The third-order valence-electron chi connectivity index (χ3n) is 5.97. The van der Waals surface area contributed by atoms with Gasteiger partial charge in [-0.2, -0.15) is 0 Å². The average molecular weight is 369 g/mol. The predicted molar refractivity (Wildman–Crippen MR) is 107 cm³/mol. The Morgan fingerprint density at radius 1 is 1.08 bits per heavy atom. The van der Waals surface area contributed by atoms with Gasteiger partial charge in [0.25, 0.3) is 0 Å². The van der Waals surface area contributed by atoms with Gasteiger partial charge >= 0.3 is 0 Å². The second-order valence-electron chi connectivity index (χ2n) is 7.65. The maximum atomic E-state index is 12.9. The number of fused-ring (bicyclic) bond motifs is 1. The van der Waals surface area contributed by atoms with Crippen LogP contribution in [0, 0.1) is 5.92 Å². The normalized spacial score (nSPS) is 24.6. The first-order chi connectivity index (χ1) is 12.8. The number of hydrogen-bond acceptors (Lipinski definition) is 3. The van der Waals surface area contributed by atoms with Crippen LogP contribution < -0.4 is 5.32 Å². The van der Waals surface area contributed by atoms with Crippen LogP contribution in [-0.4, -0.2) is 29.9 Å². The predicted octanol–water partition coefficient (Wildman–Crippen LogP) is 4.61. The van der Waals surface area contributed by atoms with Crippen molar-refractivity contribution in [1.29, 1.82) is 0 Å². The van der Waals surface area contributed by atoms with Gasteiger partial charge in [-0.15, -0.1) is 11.3 Å². The van der Waals surface area contributed by atoms with Crippen LogP contribution in [0.4, 0.5) is 0 Å². The highest BCUT2D eigenvalue weighted by Gasteiger charge is 2.34. The molecule has 1 saturated carbocycles. The van der Waals surface area contributed by atoms with E-state index in [0.29, 0.717) is 12.6 Å². The molecule has 3 atom stereocenters. The number of hydrogen-bond donors (Lipinski definition) is 1. The first-order valence-corrected chi connectivity index (χ1v) is 10.8. The van der Waals surface area contributed by atoms with Crippen molar-refractivity contribution in [3.8, 4) is 0 Å². The zero-order valence-electron chi connectivity index (χ0n) is 15.3. The lowest BCUT2D eigenvalue weighted by Gasteiger charge is -2.43. The lowest BCUT2D eigenvalue weighted by molar-refractivity contribution is -0.124. The molecule has 3 nitrogen and oxygen atoms in total. The van der Waals surface area contributed by atoms with Gasteiger partial charge < -0.3 is 5.32 Å². The van der Waals surface area contributed by atoms with Crippen molar-refractivity contribution < 1.29 is 4.79 Å². The van der Waals surface area contributed by atoms with E-state index in [1.165, 1.54) is 43.4 Å². The van der Waals surface area contributed by atoms with Crippen LogP contribution in [0.1, 0.15) is 55.0 Å². The Hall–Kier alpha value is -1.65. The van der Waals surface area contributed by atoms with Gasteiger partial charge in [-0.1, -0.05) is 49.2 Å². The van der Waals surface area contributed by atoms with Crippen molar-refractivity contribution >= 4 is 17.2 Å². The highest BCUT2D eigenvalue weighted by Crippen LogP contribution is 2.35. The molecule has 0 radical (unpaired) electrons. The van der Waals surface area contributed by atoms with Crippen molar-refractivity contribution in [2.75, 3.05) is 13.1 Å². The molecule has 1 aliphatic heterocycles. The molecule has 1 N–H and O–H groups in total. The van der Waals surface area contributed by atoms with E-state index in [2.05, 4.69) is 39.9 Å². The van der Waals surface area contributed by atoms with E-state index in [1.54, 1.807) is 11.3 Å². The van der Waals surface area contributed by atoms with Crippen LogP contribution in [0.15, 0.2) is 47.8 Å². The number of amides is 1. The van der Waals surface area contributed by atoms with Crippen molar-refractivity contribution in [1.82, 2.24) is 10.2 Å². The van der Waals surface area contributed by atoms with Crippen LogP contribution in [0.2, 0.25) is 0 Å². The van der Waals surface area contributed by atoms with Crippen LogP contribution in [0.3, 0.4) is 0 Å². The van der Waals surface area contributed by atoms with Crippen molar-refractivity contribution in [3.63, 3.8) is 0 Å². The maximum absolute atomic E-state index is 12.9. The Balaban J connectivity index is 1.45. The topological polar surface area (TPSA) is 32.3 Å². The molecule has 1 amide bonds. The van der Waals surface area contributed by atoms with E-state index in [1.807, 2.05) is 18.2 Å². The van der Waals surface area contributed by atoms with E-state index >= 15 is 0 Å². The molecule has 1 saturated heterocycles. The number of nitrogens with one attached hydrogen (secondary N) is 1. The molecule has 0 unspecified atom stereocenters. The van der Waals surface area contributed by atoms with Gasteiger partial charge in [0.05, 0.1) is 12.6 Å². The van der Waals surface area contributed by atoms with Crippen LogP contribution >= 0.6 is 11.3 Å². The summed E-state index contributed by atoms with van der Waals surface area (Å²) in [6.45, 7) is 1.61. The minimum Gasteiger partial charge on any atom is -0.343 e. The molecule has 0 bridgehead atoms. The molecule has 4 rings (SSSR count). The summed E-state index contributed by atoms with van der Waals surface area (Å²) in [7, 11) is 0. The van der Waals surface area contributed by atoms with E-state index in [-0.39, 0.29) is 11.9 Å². The van der Waals surface area contributed by atoms with Gasteiger partial charge in [-0.3, -0.25) is 9.69 Å². The molecule has 0 spiro atoms. The molecule has 2 fully saturated rings. The Bertz CT molecular complexity index is 698. The largest absolute Gasteiger partial charge is 0.343 e. The Morgan fingerprint density at radius 3 is 2.69 bits per heavy atom. The highest BCUT2D eigenvalue weighted by molar-refractivity contribution is 7.10. The third-order valence-corrected chi connectivity index (χ3v) is 6.91.